The van der Waals surface area contributed by atoms with Crippen molar-refractivity contribution >= 4 is 22.4 Å². The lowest BCUT2D eigenvalue weighted by atomic mass is 9.88. The van der Waals surface area contributed by atoms with Crippen molar-refractivity contribution in [2.45, 2.75) is 27.2 Å². The molecule has 0 spiro atoms. The van der Waals surface area contributed by atoms with E-state index < -0.39 is 0 Å². The van der Waals surface area contributed by atoms with E-state index in [-0.39, 0.29) is 5.91 Å². The number of rotatable bonds is 1. The van der Waals surface area contributed by atoms with Gasteiger partial charge in [0.1, 0.15) is 4.88 Å². The zero-order valence-electron chi connectivity index (χ0n) is 10.6. The summed E-state index contributed by atoms with van der Waals surface area (Å²) in [6.07, 6.45) is 1.08. The van der Waals surface area contributed by atoms with E-state index in [0.717, 1.165) is 25.2 Å². The average Bonchev–Trinajstić information content (AvgIpc) is 2.61. The number of nitrogen functional groups attached to an aromatic ring is 1. The SMILES string of the molecule is Cc1nc(N)sc1C(=O)N1CCC(C)C(C)C1. The molecule has 94 valence electrons. The minimum Gasteiger partial charge on any atom is -0.375 e. The molecular formula is C12H19N3OS. The van der Waals surface area contributed by atoms with Crippen LogP contribution in [-0.4, -0.2) is 28.9 Å². The Balaban J connectivity index is 2.13. The molecule has 2 unspecified atom stereocenters. The van der Waals surface area contributed by atoms with Gasteiger partial charge >= 0.3 is 0 Å². The number of likely N-dealkylation sites (tertiary alicyclic amines) is 1. The van der Waals surface area contributed by atoms with Crippen LogP contribution in [0.15, 0.2) is 0 Å². The molecule has 1 aliphatic heterocycles. The minimum absolute atomic E-state index is 0.0930. The molecule has 2 atom stereocenters. The zero-order chi connectivity index (χ0) is 12.6. The molecule has 2 rings (SSSR count). The van der Waals surface area contributed by atoms with Crippen LogP contribution in [0, 0.1) is 18.8 Å². The van der Waals surface area contributed by atoms with Crippen LogP contribution in [-0.2, 0) is 0 Å². The van der Waals surface area contributed by atoms with Crippen LogP contribution in [0.25, 0.3) is 0 Å². The summed E-state index contributed by atoms with van der Waals surface area (Å²) in [6, 6.07) is 0. The van der Waals surface area contributed by atoms with Gasteiger partial charge in [0.15, 0.2) is 5.13 Å². The Morgan fingerprint density at radius 2 is 2.18 bits per heavy atom. The summed E-state index contributed by atoms with van der Waals surface area (Å²) in [5.41, 5.74) is 6.39. The summed E-state index contributed by atoms with van der Waals surface area (Å²) >= 11 is 1.29. The molecule has 2 N–H and O–H groups in total. The van der Waals surface area contributed by atoms with Crippen molar-refractivity contribution in [3.8, 4) is 0 Å². The smallest absolute Gasteiger partial charge is 0.265 e. The molecule has 1 saturated heterocycles. The van der Waals surface area contributed by atoms with Crippen molar-refractivity contribution in [3.05, 3.63) is 10.6 Å². The fourth-order valence-corrected chi connectivity index (χ4v) is 3.01. The molecule has 1 amide bonds. The Hall–Kier alpha value is -1.10. The first-order valence-corrected chi connectivity index (χ1v) is 6.83. The number of carbonyl (C=O) groups is 1. The molecule has 1 aromatic rings. The number of thiazole rings is 1. The van der Waals surface area contributed by atoms with Gasteiger partial charge in [-0.25, -0.2) is 4.98 Å². The van der Waals surface area contributed by atoms with Gasteiger partial charge in [-0.15, -0.1) is 0 Å². The highest BCUT2D eigenvalue weighted by atomic mass is 32.1. The number of aryl methyl sites for hydroxylation is 1. The van der Waals surface area contributed by atoms with Gasteiger partial charge in [-0.05, 0) is 25.2 Å². The maximum atomic E-state index is 12.3. The van der Waals surface area contributed by atoms with Crippen LogP contribution >= 0.6 is 11.3 Å². The first kappa shape index (κ1) is 12.4. The van der Waals surface area contributed by atoms with Crippen LogP contribution in [0.1, 0.15) is 35.6 Å². The van der Waals surface area contributed by atoms with E-state index in [9.17, 15) is 4.79 Å². The standard InChI is InChI=1S/C12H19N3OS/c1-7-4-5-15(6-8(7)2)11(16)10-9(3)14-12(13)17-10/h7-8H,4-6H2,1-3H3,(H2,13,14). The number of hydrogen-bond donors (Lipinski definition) is 1. The van der Waals surface area contributed by atoms with E-state index in [1.165, 1.54) is 11.3 Å². The molecule has 1 aliphatic rings. The van der Waals surface area contributed by atoms with Crippen LogP contribution in [0.2, 0.25) is 0 Å². The molecule has 17 heavy (non-hydrogen) atoms. The van der Waals surface area contributed by atoms with Gasteiger partial charge in [-0.3, -0.25) is 4.79 Å². The normalized spacial score (nSPS) is 25.0. The second-order valence-electron chi connectivity index (χ2n) is 4.96. The maximum absolute atomic E-state index is 12.3. The van der Waals surface area contributed by atoms with Crippen molar-refractivity contribution in [1.29, 1.82) is 0 Å². The van der Waals surface area contributed by atoms with E-state index in [2.05, 4.69) is 18.8 Å². The number of carbonyl (C=O) groups excluding carboxylic acids is 1. The Morgan fingerprint density at radius 1 is 1.47 bits per heavy atom. The van der Waals surface area contributed by atoms with Crippen molar-refractivity contribution in [2.75, 3.05) is 18.8 Å². The highest BCUT2D eigenvalue weighted by molar-refractivity contribution is 7.17. The average molecular weight is 253 g/mol. The predicted octanol–water partition coefficient (Wildman–Crippen LogP) is 2.15. The van der Waals surface area contributed by atoms with Crippen molar-refractivity contribution in [2.24, 2.45) is 11.8 Å². The Labute approximate surface area is 106 Å². The largest absolute Gasteiger partial charge is 0.375 e. The second-order valence-corrected chi connectivity index (χ2v) is 5.99. The number of piperidine rings is 1. The molecule has 4 nitrogen and oxygen atoms in total. The highest BCUT2D eigenvalue weighted by Gasteiger charge is 2.28. The first-order chi connectivity index (χ1) is 7.99. The fraction of sp³-hybridized carbons (Fsp3) is 0.667. The monoisotopic (exact) mass is 253 g/mol. The van der Waals surface area contributed by atoms with Gasteiger partial charge in [0.05, 0.1) is 5.69 Å². The van der Waals surface area contributed by atoms with Crippen molar-refractivity contribution < 1.29 is 4.79 Å². The molecule has 0 aliphatic carbocycles. The molecule has 1 fully saturated rings. The van der Waals surface area contributed by atoms with Gasteiger partial charge in [-0.1, -0.05) is 25.2 Å². The molecule has 0 saturated carbocycles. The van der Waals surface area contributed by atoms with Gasteiger partial charge < -0.3 is 10.6 Å². The first-order valence-electron chi connectivity index (χ1n) is 6.01. The van der Waals surface area contributed by atoms with Gasteiger partial charge in [0.2, 0.25) is 0 Å². The van der Waals surface area contributed by atoms with E-state index in [0.29, 0.717) is 21.8 Å². The molecule has 0 bridgehead atoms. The lowest BCUT2D eigenvalue weighted by Gasteiger charge is -2.35. The van der Waals surface area contributed by atoms with Crippen LogP contribution in [0.3, 0.4) is 0 Å². The van der Waals surface area contributed by atoms with E-state index in [4.69, 9.17) is 5.73 Å². The minimum atomic E-state index is 0.0930. The summed E-state index contributed by atoms with van der Waals surface area (Å²) in [5.74, 6) is 1.36. The molecule has 0 aromatic carbocycles. The second kappa shape index (κ2) is 4.64. The summed E-state index contributed by atoms with van der Waals surface area (Å²) in [5, 5.41) is 0.476. The van der Waals surface area contributed by atoms with Gasteiger partial charge in [0.25, 0.3) is 5.91 Å². The van der Waals surface area contributed by atoms with Crippen LogP contribution in [0.4, 0.5) is 5.13 Å². The van der Waals surface area contributed by atoms with Crippen molar-refractivity contribution in [3.63, 3.8) is 0 Å². The van der Waals surface area contributed by atoms with Crippen molar-refractivity contribution in [1.82, 2.24) is 9.88 Å². The third kappa shape index (κ3) is 2.44. The number of nitrogens with zero attached hydrogens (tertiary/aromatic N) is 2. The zero-order valence-corrected chi connectivity index (χ0v) is 11.4. The number of hydrogen-bond acceptors (Lipinski definition) is 4. The topological polar surface area (TPSA) is 59.2 Å². The van der Waals surface area contributed by atoms with Crippen LogP contribution in [0.5, 0.6) is 0 Å². The lowest BCUT2D eigenvalue weighted by molar-refractivity contribution is 0.0631. The quantitative estimate of drug-likeness (QED) is 0.834. The lowest BCUT2D eigenvalue weighted by Crippen LogP contribution is -2.42. The summed E-state index contributed by atoms with van der Waals surface area (Å²) in [4.78, 5) is 19.1. The van der Waals surface area contributed by atoms with Crippen LogP contribution < -0.4 is 5.73 Å². The number of aromatic nitrogens is 1. The summed E-state index contributed by atoms with van der Waals surface area (Å²) in [7, 11) is 0. The molecule has 2 heterocycles. The Bertz CT molecular complexity index is 429. The number of anilines is 1. The molecule has 5 heteroatoms. The third-order valence-electron chi connectivity index (χ3n) is 3.63. The van der Waals surface area contributed by atoms with E-state index in [1.54, 1.807) is 0 Å². The molecule has 0 radical (unpaired) electrons. The van der Waals surface area contributed by atoms with Gasteiger partial charge in [0, 0.05) is 13.1 Å². The molecule has 1 aromatic heterocycles. The maximum Gasteiger partial charge on any atom is 0.265 e. The Kier molecular flexibility index (Phi) is 3.38. The number of nitrogens with two attached hydrogens (primary N) is 1. The van der Waals surface area contributed by atoms with Gasteiger partial charge in [-0.2, -0.15) is 0 Å². The summed E-state index contributed by atoms with van der Waals surface area (Å²) in [6.45, 7) is 8.00. The number of amides is 1. The third-order valence-corrected chi connectivity index (χ3v) is 4.60. The Morgan fingerprint density at radius 3 is 2.71 bits per heavy atom. The van der Waals surface area contributed by atoms with E-state index in [1.807, 2.05) is 11.8 Å². The predicted molar refractivity (Wildman–Crippen MR) is 70.1 cm³/mol. The summed E-state index contributed by atoms with van der Waals surface area (Å²) < 4.78 is 0. The van der Waals surface area contributed by atoms with E-state index >= 15 is 0 Å². The highest BCUT2D eigenvalue weighted by Crippen LogP contribution is 2.27. The fourth-order valence-electron chi connectivity index (χ4n) is 2.21. The molecular weight excluding hydrogens is 234 g/mol.